The van der Waals surface area contributed by atoms with Gasteiger partial charge in [0.05, 0.1) is 0 Å². The van der Waals surface area contributed by atoms with Crippen LogP contribution < -0.4 is 4.74 Å². The molecule has 0 spiro atoms. The number of hydrogen-bond donors (Lipinski definition) is 0. The number of benzene rings is 2. The van der Waals surface area contributed by atoms with E-state index in [0.717, 1.165) is 20.8 Å². The minimum absolute atomic E-state index is 0.564. The Morgan fingerprint density at radius 2 is 1.56 bits per heavy atom. The van der Waals surface area contributed by atoms with Gasteiger partial charge in [0.25, 0.3) is 0 Å². The van der Waals surface area contributed by atoms with Gasteiger partial charge in [0.15, 0.2) is 0 Å². The van der Waals surface area contributed by atoms with Crippen LogP contribution in [0.25, 0.3) is 0 Å². The van der Waals surface area contributed by atoms with Crippen LogP contribution in [0.15, 0.2) is 53.0 Å². The second-order valence-corrected chi connectivity index (χ2v) is 4.72. The van der Waals surface area contributed by atoms with E-state index in [1.54, 1.807) is 0 Å². The molecule has 0 aliphatic rings. The van der Waals surface area contributed by atoms with Crippen molar-refractivity contribution < 1.29 is 4.74 Å². The molecule has 0 radical (unpaired) electrons. The van der Waals surface area contributed by atoms with Gasteiger partial charge in [0.2, 0.25) is 0 Å². The molecular weight excluding hydrogens is 287 g/mol. The fraction of sp³-hybridized carbons (Fsp3) is 0.0769. The molecule has 0 heterocycles. The monoisotopic (exact) mass is 296 g/mol. The molecule has 2 aromatic rings. The molecule has 2 aromatic carbocycles. The standard InChI is InChI=1S/C13H10BrClO/c14-11-3-1-10(2-4-11)9-16-13-7-5-12(15)6-8-13/h1-8H,9H2. The van der Waals surface area contributed by atoms with Crippen LogP contribution in [0.5, 0.6) is 5.75 Å². The molecule has 3 heteroatoms. The van der Waals surface area contributed by atoms with E-state index < -0.39 is 0 Å². The average Bonchev–Trinajstić information content (AvgIpc) is 2.30. The first-order valence-electron chi connectivity index (χ1n) is 4.87. The van der Waals surface area contributed by atoms with Crippen LogP contribution in [0, 0.1) is 0 Å². The summed E-state index contributed by atoms with van der Waals surface area (Å²) in [5.74, 6) is 0.826. The van der Waals surface area contributed by atoms with Crippen LogP contribution >= 0.6 is 27.5 Å². The van der Waals surface area contributed by atoms with Crippen LogP contribution in [0.3, 0.4) is 0 Å². The van der Waals surface area contributed by atoms with Gasteiger partial charge < -0.3 is 4.74 Å². The van der Waals surface area contributed by atoms with Crippen molar-refractivity contribution in [3.8, 4) is 5.75 Å². The third kappa shape index (κ3) is 3.26. The highest BCUT2D eigenvalue weighted by molar-refractivity contribution is 9.10. The Hall–Kier alpha value is -0.990. The Morgan fingerprint density at radius 1 is 0.938 bits per heavy atom. The van der Waals surface area contributed by atoms with Gasteiger partial charge in [-0.05, 0) is 42.0 Å². The van der Waals surface area contributed by atoms with Crippen molar-refractivity contribution in [3.63, 3.8) is 0 Å². The van der Waals surface area contributed by atoms with E-state index in [4.69, 9.17) is 16.3 Å². The lowest BCUT2D eigenvalue weighted by molar-refractivity contribution is 0.306. The van der Waals surface area contributed by atoms with E-state index in [1.165, 1.54) is 0 Å². The summed E-state index contributed by atoms with van der Waals surface area (Å²) in [6, 6.07) is 15.4. The minimum Gasteiger partial charge on any atom is -0.489 e. The van der Waals surface area contributed by atoms with E-state index >= 15 is 0 Å². The molecule has 1 nitrogen and oxygen atoms in total. The predicted octanol–water partition coefficient (Wildman–Crippen LogP) is 4.68. The summed E-state index contributed by atoms with van der Waals surface area (Å²) in [5.41, 5.74) is 1.14. The van der Waals surface area contributed by atoms with Crippen LogP contribution in [0.2, 0.25) is 5.02 Å². The lowest BCUT2D eigenvalue weighted by atomic mass is 10.2. The SMILES string of the molecule is Clc1ccc(OCc2ccc(Br)cc2)cc1. The predicted molar refractivity (Wildman–Crippen MR) is 69.9 cm³/mol. The van der Waals surface area contributed by atoms with E-state index in [1.807, 2.05) is 48.5 Å². The van der Waals surface area contributed by atoms with Crippen LogP contribution in [-0.4, -0.2) is 0 Å². The number of ether oxygens (including phenoxy) is 1. The molecule has 0 saturated heterocycles. The Kier molecular flexibility index (Phi) is 3.86. The fourth-order valence-electron chi connectivity index (χ4n) is 1.28. The van der Waals surface area contributed by atoms with Crippen molar-refractivity contribution in [2.45, 2.75) is 6.61 Å². The van der Waals surface area contributed by atoms with Gasteiger partial charge in [-0.2, -0.15) is 0 Å². The normalized spacial score (nSPS) is 10.1. The molecule has 0 fully saturated rings. The van der Waals surface area contributed by atoms with Gasteiger partial charge >= 0.3 is 0 Å². The van der Waals surface area contributed by atoms with Crippen molar-refractivity contribution in [2.24, 2.45) is 0 Å². The first-order chi connectivity index (χ1) is 7.74. The zero-order chi connectivity index (χ0) is 11.4. The van der Waals surface area contributed by atoms with E-state index in [-0.39, 0.29) is 0 Å². The number of rotatable bonds is 3. The molecule has 0 aliphatic heterocycles. The second kappa shape index (κ2) is 5.37. The van der Waals surface area contributed by atoms with Gasteiger partial charge in [-0.1, -0.05) is 39.7 Å². The molecule has 82 valence electrons. The third-order valence-corrected chi connectivity index (χ3v) is 2.91. The summed E-state index contributed by atoms with van der Waals surface area (Å²) in [4.78, 5) is 0. The fourth-order valence-corrected chi connectivity index (χ4v) is 1.67. The smallest absolute Gasteiger partial charge is 0.119 e. The molecule has 0 unspecified atom stereocenters. The van der Waals surface area contributed by atoms with Crippen LogP contribution in [-0.2, 0) is 6.61 Å². The molecule has 0 N–H and O–H groups in total. The van der Waals surface area contributed by atoms with E-state index in [9.17, 15) is 0 Å². The summed E-state index contributed by atoms with van der Waals surface area (Å²) >= 11 is 9.18. The lowest BCUT2D eigenvalue weighted by Crippen LogP contribution is -1.94. The maximum Gasteiger partial charge on any atom is 0.119 e. The number of hydrogen-bond acceptors (Lipinski definition) is 1. The summed E-state index contributed by atoms with van der Waals surface area (Å²) in [5, 5.41) is 0.719. The largest absolute Gasteiger partial charge is 0.489 e. The molecule has 16 heavy (non-hydrogen) atoms. The average molecular weight is 298 g/mol. The Labute approximate surface area is 108 Å². The Balaban J connectivity index is 1.97. The topological polar surface area (TPSA) is 9.23 Å². The minimum atomic E-state index is 0.564. The van der Waals surface area contributed by atoms with Crippen LogP contribution in [0.1, 0.15) is 5.56 Å². The molecular formula is C13H10BrClO. The molecule has 0 bridgehead atoms. The lowest BCUT2D eigenvalue weighted by Gasteiger charge is -2.06. The maximum atomic E-state index is 5.79. The van der Waals surface area contributed by atoms with Gasteiger partial charge in [-0.15, -0.1) is 0 Å². The Bertz CT molecular complexity index is 405. The van der Waals surface area contributed by atoms with Gasteiger partial charge in [0, 0.05) is 9.50 Å². The summed E-state index contributed by atoms with van der Waals surface area (Å²) < 4.78 is 6.68. The van der Waals surface area contributed by atoms with Crippen molar-refractivity contribution in [3.05, 3.63) is 63.6 Å². The van der Waals surface area contributed by atoms with Crippen molar-refractivity contribution >= 4 is 27.5 Å². The zero-order valence-electron chi connectivity index (χ0n) is 8.49. The van der Waals surface area contributed by atoms with Gasteiger partial charge in [-0.3, -0.25) is 0 Å². The first-order valence-corrected chi connectivity index (χ1v) is 6.04. The van der Waals surface area contributed by atoms with E-state index in [2.05, 4.69) is 15.9 Å². The van der Waals surface area contributed by atoms with Crippen molar-refractivity contribution in [1.82, 2.24) is 0 Å². The summed E-state index contributed by atoms with van der Waals surface area (Å²) in [6.07, 6.45) is 0. The quantitative estimate of drug-likeness (QED) is 0.799. The highest BCUT2D eigenvalue weighted by atomic mass is 79.9. The van der Waals surface area contributed by atoms with Gasteiger partial charge in [-0.25, -0.2) is 0 Å². The molecule has 2 rings (SSSR count). The summed E-state index contributed by atoms with van der Waals surface area (Å²) in [6.45, 7) is 0.564. The molecule has 0 saturated carbocycles. The highest BCUT2D eigenvalue weighted by Gasteiger charge is 1.96. The Morgan fingerprint density at radius 3 is 2.19 bits per heavy atom. The van der Waals surface area contributed by atoms with Crippen LogP contribution in [0.4, 0.5) is 0 Å². The maximum absolute atomic E-state index is 5.79. The molecule has 0 aliphatic carbocycles. The molecule has 0 amide bonds. The van der Waals surface area contributed by atoms with Gasteiger partial charge in [0.1, 0.15) is 12.4 Å². The van der Waals surface area contributed by atoms with Crippen molar-refractivity contribution in [2.75, 3.05) is 0 Å². The first kappa shape index (κ1) is 11.5. The third-order valence-electron chi connectivity index (χ3n) is 2.13. The van der Waals surface area contributed by atoms with Crippen molar-refractivity contribution in [1.29, 1.82) is 0 Å². The summed E-state index contributed by atoms with van der Waals surface area (Å²) in [7, 11) is 0. The second-order valence-electron chi connectivity index (χ2n) is 3.37. The zero-order valence-corrected chi connectivity index (χ0v) is 10.8. The van der Waals surface area contributed by atoms with E-state index in [0.29, 0.717) is 6.61 Å². The molecule has 0 atom stereocenters. The number of halogens is 2. The highest BCUT2D eigenvalue weighted by Crippen LogP contribution is 2.17. The molecule has 0 aromatic heterocycles.